The summed E-state index contributed by atoms with van der Waals surface area (Å²) in [5.41, 5.74) is 4.45. The van der Waals surface area contributed by atoms with Crippen LogP contribution in [0.2, 0.25) is 0 Å². The zero-order valence-electron chi connectivity index (χ0n) is 10.1. The van der Waals surface area contributed by atoms with Gasteiger partial charge in [-0.15, -0.1) is 23.1 Å². The zero-order chi connectivity index (χ0) is 12.2. The Morgan fingerprint density at radius 2 is 2.33 bits per heavy atom. The first-order valence-electron chi connectivity index (χ1n) is 6.22. The predicted molar refractivity (Wildman–Crippen MR) is 78.0 cm³/mol. The van der Waals surface area contributed by atoms with Gasteiger partial charge in [-0.2, -0.15) is 0 Å². The van der Waals surface area contributed by atoms with Gasteiger partial charge in [0.25, 0.3) is 0 Å². The molecule has 1 aromatic heterocycles. The molecule has 0 unspecified atom stereocenters. The van der Waals surface area contributed by atoms with Crippen molar-refractivity contribution in [2.24, 2.45) is 0 Å². The van der Waals surface area contributed by atoms with Crippen LogP contribution in [-0.4, -0.2) is 11.0 Å². The number of hydrogen-bond acceptors (Lipinski definition) is 4. The zero-order valence-corrected chi connectivity index (χ0v) is 11.8. The number of hydrogen-bond donors (Lipinski definition) is 1. The van der Waals surface area contributed by atoms with Crippen molar-refractivity contribution in [1.29, 1.82) is 0 Å². The lowest BCUT2D eigenvalue weighted by molar-refractivity contribution is 0.687. The molecule has 0 amide bonds. The molecule has 1 fully saturated rings. The minimum Gasteiger partial charge on any atom is -0.310 e. The molecule has 0 bridgehead atoms. The van der Waals surface area contributed by atoms with Crippen LogP contribution >= 0.6 is 23.1 Å². The van der Waals surface area contributed by atoms with E-state index in [9.17, 15) is 0 Å². The van der Waals surface area contributed by atoms with Crippen LogP contribution in [0.15, 0.2) is 40.1 Å². The van der Waals surface area contributed by atoms with E-state index in [4.69, 9.17) is 0 Å². The molecular formula is C14H16N2S2. The van der Waals surface area contributed by atoms with E-state index >= 15 is 0 Å². The third-order valence-electron chi connectivity index (χ3n) is 2.94. The maximum atomic E-state index is 4.31. The van der Waals surface area contributed by atoms with Gasteiger partial charge in [0.05, 0.1) is 11.2 Å². The van der Waals surface area contributed by atoms with Crippen molar-refractivity contribution in [3.63, 3.8) is 0 Å². The summed E-state index contributed by atoms with van der Waals surface area (Å²) in [4.78, 5) is 5.64. The van der Waals surface area contributed by atoms with E-state index in [1.54, 1.807) is 11.3 Å². The van der Waals surface area contributed by atoms with Crippen LogP contribution in [0, 0.1) is 0 Å². The molecule has 0 aliphatic heterocycles. The minimum atomic E-state index is 0.774. The first-order chi connectivity index (χ1) is 8.90. The Labute approximate surface area is 116 Å². The largest absolute Gasteiger partial charge is 0.310 e. The Morgan fingerprint density at radius 1 is 1.39 bits per heavy atom. The van der Waals surface area contributed by atoms with Gasteiger partial charge in [0.15, 0.2) is 0 Å². The minimum absolute atomic E-state index is 0.774. The second-order valence-electron chi connectivity index (χ2n) is 4.57. The molecule has 2 nitrogen and oxygen atoms in total. The highest BCUT2D eigenvalue weighted by molar-refractivity contribution is 7.98. The average molecular weight is 276 g/mol. The maximum Gasteiger partial charge on any atom is 0.0795 e. The highest BCUT2D eigenvalue weighted by Crippen LogP contribution is 2.24. The van der Waals surface area contributed by atoms with Gasteiger partial charge in [-0.25, -0.2) is 4.98 Å². The molecule has 4 heteroatoms. The summed E-state index contributed by atoms with van der Waals surface area (Å²) in [5, 5.41) is 5.67. The fourth-order valence-corrected chi connectivity index (χ4v) is 3.31. The van der Waals surface area contributed by atoms with Crippen LogP contribution in [0.25, 0.3) is 0 Å². The number of nitrogens with zero attached hydrogens (tertiary/aromatic N) is 1. The van der Waals surface area contributed by atoms with Gasteiger partial charge in [0.1, 0.15) is 0 Å². The van der Waals surface area contributed by atoms with Crippen molar-refractivity contribution in [3.8, 4) is 0 Å². The summed E-state index contributed by atoms with van der Waals surface area (Å²) in [6.07, 6.45) is 2.69. The van der Waals surface area contributed by atoms with Gasteiger partial charge >= 0.3 is 0 Å². The fraction of sp³-hybridized carbons (Fsp3) is 0.357. The van der Waals surface area contributed by atoms with Crippen LogP contribution in [0.5, 0.6) is 0 Å². The summed E-state index contributed by atoms with van der Waals surface area (Å²) < 4.78 is 0. The number of thioether (sulfide) groups is 1. The number of thiazole rings is 1. The molecule has 1 aliphatic carbocycles. The molecule has 0 atom stereocenters. The van der Waals surface area contributed by atoms with Crippen molar-refractivity contribution < 1.29 is 0 Å². The Kier molecular flexibility index (Phi) is 3.98. The topological polar surface area (TPSA) is 24.9 Å². The van der Waals surface area contributed by atoms with Gasteiger partial charge in [-0.05, 0) is 30.5 Å². The van der Waals surface area contributed by atoms with Crippen LogP contribution < -0.4 is 5.32 Å². The van der Waals surface area contributed by atoms with E-state index in [2.05, 4.69) is 39.9 Å². The van der Waals surface area contributed by atoms with E-state index in [1.807, 2.05) is 17.3 Å². The second-order valence-corrected chi connectivity index (χ2v) is 6.34. The first kappa shape index (κ1) is 12.2. The quantitative estimate of drug-likeness (QED) is 0.815. The van der Waals surface area contributed by atoms with E-state index in [1.165, 1.54) is 29.0 Å². The first-order valence-corrected chi connectivity index (χ1v) is 8.15. The lowest BCUT2D eigenvalue weighted by Gasteiger charge is -2.05. The molecule has 0 saturated heterocycles. The number of nitrogens with one attached hydrogen (secondary N) is 1. The Bertz CT molecular complexity index is 492. The molecule has 0 radical (unpaired) electrons. The number of benzene rings is 1. The molecule has 1 aromatic carbocycles. The van der Waals surface area contributed by atoms with Crippen molar-refractivity contribution in [1.82, 2.24) is 10.3 Å². The van der Waals surface area contributed by atoms with Crippen LogP contribution in [0.3, 0.4) is 0 Å². The number of rotatable bonds is 6. The second kappa shape index (κ2) is 5.87. The fourth-order valence-electron chi connectivity index (χ4n) is 1.76. The molecule has 0 spiro atoms. The molecule has 2 aromatic rings. The lowest BCUT2D eigenvalue weighted by Crippen LogP contribution is -2.15. The third kappa shape index (κ3) is 3.57. The number of aromatic nitrogens is 1. The normalized spacial score (nSPS) is 14.9. The van der Waals surface area contributed by atoms with Gasteiger partial charge in [-0.1, -0.05) is 12.1 Å². The summed E-state index contributed by atoms with van der Waals surface area (Å²) in [5.74, 6) is 0.961. The van der Waals surface area contributed by atoms with E-state index in [0.29, 0.717) is 0 Å². The lowest BCUT2D eigenvalue weighted by atomic mass is 10.2. The molecule has 3 rings (SSSR count). The van der Waals surface area contributed by atoms with Gasteiger partial charge in [-0.3, -0.25) is 0 Å². The predicted octanol–water partition coefficient (Wildman–Crippen LogP) is 3.69. The van der Waals surface area contributed by atoms with Crippen molar-refractivity contribution >= 4 is 23.1 Å². The van der Waals surface area contributed by atoms with Gasteiger partial charge in [0.2, 0.25) is 0 Å². The molecule has 1 heterocycles. The van der Waals surface area contributed by atoms with Crippen molar-refractivity contribution in [3.05, 3.63) is 46.4 Å². The molecule has 1 aliphatic rings. The smallest absolute Gasteiger partial charge is 0.0795 e. The Hall–Kier alpha value is -0.840. The molecule has 1 N–H and O–H groups in total. The third-order valence-corrected chi connectivity index (χ3v) is 4.60. The van der Waals surface area contributed by atoms with Crippen LogP contribution in [0.4, 0.5) is 0 Å². The average Bonchev–Trinajstić information content (AvgIpc) is 3.09. The van der Waals surface area contributed by atoms with E-state index < -0.39 is 0 Å². The highest BCUT2D eigenvalue weighted by atomic mass is 32.2. The van der Waals surface area contributed by atoms with Crippen LogP contribution in [0.1, 0.15) is 24.1 Å². The summed E-state index contributed by atoms with van der Waals surface area (Å²) in [6.45, 7) is 0.996. The van der Waals surface area contributed by atoms with Crippen molar-refractivity contribution in [2.45, 2.75) is 36.1 Å². The standard InChI is InChI=1S/C14H16N2S2/c1-2-11(7-15-12-4-5-12)6-14(3-1)18-9-13-8-17-10-16-13/h1-3,6,8,10,12,15H,4-5,7,9H2. The summed E-state index contributed by atoms with van der Waals surface area (Å²) in [6, 6.07) is 9.58. The highest BCUT2D eigenvalue weighted by Gasteiger charge is 2.19. The van der Waals surface area contributed by atoms with E-state index in [0.717, 1.165) is 18.3 Å². The van der Waals surface area contributed by atoms with Gasteiger partial charge < -0.3 is 5.32 Å². The molecule has 18 heavy (non-hydrogen) atoms. The molecule has 1 saturated carbocycles. The summed E-state index contributed by atoms with van der Waals surface area (Å²) in [7, 11) is 0. The molecular weight excluding hydrogens is 260 g/mol. The SMILES string of the molecule is c1cc(CNC2CC2)cc(SCc2cscn2)c1. The van der Waals surface area contributed by atoms with Gasteiger partial charge in [0, 0.05) is 28.6 Å². The monoisotopic (exact) mass is 276 g/mol. The Balaban J connectivity index is 1.55. The molecule has 94 valence electrons. The Morgan fingerprint density at radius 3 is 3.11 bits per heavy atom. The maximum absolute atomic E-state index is 4.31. The van der Waals surface area contributed by atoms with Crippen LogP contribution in [-0.2, 0) is 12.3 Å². The van der Waals surface area contributed by atoms with Crippen molar-refractivity contribution in [2.75, 3.05) is 0 Å². The van der Waals surface area contributed by atoms with E-state index in [-0.39, 0.29) is 0 Å². The summed E-state index contributed by atoms with van der Waals surface area (Å²) >= 11 is 3.52.